The Balaban J connectivity index is 1.57. The molecule has 1 fully saturated rings. The second-order valence-corrected chi connectivity index (χ2v) is 7.05. The lowest BCUT2D eigenvalue weighted by Gasteiger charge is -2.32. The van der Waals surface area contributed by atoms with E-state index in [2.05, 4.69) is 34.1 Å². The first-order valence-corrected chi connectivity index (χ1v) is 8.94. The van der Waals surface area contributed by atoms with Crippen molar-refractivity contribution < 1.29 is 0 Å². The molecule has 0 unspecified atom stereocenters. The van der Waals surface area contributed by atoms with E-state index in [0.717, 1.165) is 25.9 Å². The van der Waals surface area contributed by atoms with Gasteiger partial charge in [0, 0.05) is 27.2 Å². The predicted octanol–water partition coefficient (Wildman–Crippen LogP) is 1.27. The van der Waals surface area contributed by atoms with Gasteiger partial charge < -0.3 is 4.57 Å². The van der Waals surface area contributed by atoms with E-state index in [4.69, 9.17) is 0 Å². The molecule has 0 bridgehead atoms. The van der Waals surface area contributed by atoms with Crippen LogP contribution in [0.3, 0.4) is 0 Å². The van der Waals surface area contributed by atoms with Crippen LogP contribution in [-0.4, -0.2) is 36.7 Å². The van der Waals surface area contributed by atoms with Crippen LogP contribution < -0.4 is 11.2 Å². The number of aryl methyl sites for hydroxylation is 2. The second kappa shape index (κ2) is 6.57. The minimum Gasteiger partial charge on any atom is -0.328 e. The van der Waals surface area contributed by atoms with E-state index >= 15 is 0 Å². The van der Waals surface area contributed by atoms with Gasteiger partial charge in [-0.3, -0.25) is 14.3 Å². The van der Waals surface area contributed by atoms with E-state index in [0.29, 0.717) is 23.8 Å². The van der Waals surface area contributed by atoms with Gasteiger partial charge >= 0.3 is 5.69 Å². The normalized spacial score (nSPS) is 16.4. The number of hydrogen-bond acceptors (Lipinski definition) is 4. The molecule has 4 rings (SSSR count). The molecule has 0 saturated carbocycles. The first-order valence-electron chi connectivity index (χ1n) is 8.94. The minimum atomic E-state index is -0.314. The van der Waals surface area contributed by atoms with Gasteiger partial charge in [-0.05, 0) is 24.3 Å². The maximum Gasteiger partial charge on any atom is 0.333 e. The monoisotopic (exact) mass is 353 g/mol. The highest BCUT2D eigenvalue weighted by molar-refractivity contribution is 5.69. The Morgan fingerprint density at radius 1 is 1.08 bits per heavy atom. The Hall–Kier alpha value is -2.67. The molecule has 0 atom stereocenters. The summed E-state index contributed by atoms with van der Waals surface area (Å²) in [6.45, 7) is 2.07. The van der Waals surface area contributed by atoms with Crippen LogP contribution in [0.5, 0.6) is 0 Å². The summed E-state index contributed by atoms with van der Waals surface area (Å²) in [5, 5.41) is 0. The van der Waals surface area contributed by atoms with Crippen LogP contribution in [0.2, 0.25) is 0 Å². The number of piperidine rings is 1. The van der Waals surface area contributed by atoms with Crippen LogP contribution in [0.1, 0.15) is 24.3 Å². The Kier molecular flexibility index (Phi) is 4.24. The molecule has 7 nitrogen and oxygen atoms in total. The number of benzene rings is 1. The summed E-state index contributed by atoms with van der Waals surface area (Å²) in [5.41, 5.74) is 1.68. The summed E-state index contributed by atoms with van der Waals surface area (Å²) in [6.07, 6.45) is 3.64. The van der Waals surface area contributed by atoms with Gasteiger partial charge in [0.15, 0.2) is 11.2 Å². The zero-order valence-corrected chi connectivity index (χ0v) is 15.1. The van der Waals surface area contributed by atoms with Crippen molar-refractivity contribution in [2.75, 3.05) is 13.1 Å². The fraction of sp³-hybridized carbons (Fsp3) is 0.421. The molecule has 1 aliphatic rings. The number of rotatable bonds is 3. The maximum atomic E-state index is 12.8. The summed E-state index contributed by atoms with van der Waals surface area (Å²) in [6, 6.07) is 10.5. The number of fused-ring (bicyclic) bond motifs is 1. The summed E-state index contributed by atoms with van der Waals surface area (Å²) < 4.78 is 4.45. The number of hydrogen-bond donors (Lipinski definition) is 0. The summed E-state index contributed by atoms with van der Waals surface area (Å²) >= 11 is 0. The topological polar surface area (TPSA) is 65.1 Å². The smallest absolute Gasteiger partial charge is 0.328 e. The summed E-state index contributed by atoms with van der Waals surface area (Å²) in [7, 11) is 3.44. The minimum absolute atomic E-state index is 0.270. The second-order valence-electron chi connectivity index (χ2n) is 7.05. The summed E-state index contributed by atoms with van der Waals surface area (Å²) in [4.78, 5) is 31.8. The van der Waals surface area contributed by atoms with Gasteiger partial charge in [-0.2, -0.15) is 0 Å². The van der Waals surface area contributed by atoms with Crippen LogP contribution in [0, 0.1) is 0 Å². The molecule has 136 valence electrons. The molecule has 0 aliphatic carbocycles. The Morgan fingerprint density at radius 3 is 2.46 bits per heavy atom. The standard InChI is InChI=1S/C19H23N5O2/c1-21-12-20-17-16(21)18(25)24(19(26)22(17)2)13-23-10-8-15(9-11-23)14-6-4-3-5-7-14/h3-7,12,15H,8-11,13H2,1-2H3. The van der Waals surface area contributed by atoms with Crippen LogP contribution in [0.4, 0.5) is 0 Å². The molecule has 3 heterocycles. The molecule has 0 amide bonds. The van der Waals surface area contributed by atoms with Gasteiger partial charge in [0.05, 0.1) is 13.0 Å². The Morgan fingerprint density at radius 2 is 1.77 bits per heavy atom. The SMILES string of the molecule is Cn1cnc2c1c(=O)n(CN1CCC(c3ccccc3)CC1)c(=O)n2C. The molecule has 0 spiro atoms. The third kappa shape index (κ3) is 2.78. The molecule has 7 heteroatoms. The first kappa shape index (κ1) is 16.8. The lowest BCUT2D eigenvalue weighted by Crippen LogP contribution is -2.45. The van der Waals surface area contributed by atoms with Crippen molar-refractivity contribution in [3.8, 4) is 0 Å². The fourth-order valence-electron chi connectivity index (χ4n) is 3.85. The van der Waals surface area contributed by atoms with Crippen molar-refractivity contribution in [1.29, 1.82) is 0 Å². The van der Waals surface area contributed by atoms with Gasteiger partial charge in [0.1, 0.15) is 0 Å². The quantitative estimate of drug-likeness (QED) is 0.711. The average molecular weight is 353 g/mol. The molecule has 2 aromatic heterocycles. The van der Waals surface area contributed by atoms with Crippen LogP contribution in [-0.2, 0) is 20.8 Å². The maximum absolute atomic E-state index is 12.8. The van der Waals surface area contributed by atoms with Crippen molar-refractivity contribution >= 4 is 11.2 Å². The van der Waals surface area contributed by atoms with Crippen molar-refractivity contribution in [2.24, 2.45) is 14.1 Å². The zero-order chi connectivity index (χ0) is 18.3. The van der Waals surface area contributed by atoms with Gasteiger partial charge in [-0.15, -0.1) is 0 Å². The molecule has 1 aromatic carbocycles. The molecular formula is C19H23N5O2. The molecule has 3 aromatic rings. The van der Waals surface area contributed by atoms with E-state index in [-0.39, 0.29) is 11.2 Å². The third-order valence-corrected chi connectivity index (χ3v) is 5.40. The number of aromatic nitrogens is 4. The van der Waals surface area contributed by atoms with Gasteiger partial charge in [-0.1, -0.05) is 30.3 Å². The lowest BCUT2D eigenvalue weighted by molar-refractivity contribution is 0.164. The fourth-order valence-corrected chi connectivity index (χ4v) is 3.85. The molecule has 0 radical (unpaired) electrons. The van der Waals surface area contributed by atoms with Crippen LogP contribution in [0.25, 0.3) is 11.2 Å². The van der Waals surface area contributed by atoms with Crippen molar-refractivity contribution in [3.05, 3.63) is 63.1 Å². The van der Waals surface area contributed by atoms with Crippen LogP contribution in [0.15, 0.2) is 46.2 Å². The highest BCUT2D eigenvalue weighted by Gasteiger charge is 2.22. The lowest BCUT2D eigenvalue weighted by atomic mass is 9.90. The van der Waals surface area contributed by atoms with Crippen molar-refractivity contribution in [1.82, 2.24) is 23.6 Å². The predicted molar refractivity (Wildman–Crippen MR) is 100 cm³/mol. The third-order valence-electron chi connectivity index (χ3n) is 5.40. The van der Waals surface area contributed by atoms with Crippen molar-refractivity contribution in [2.45, 2.75) is 25.4 Å². The number of likely N-dealkylation sites (tertiary alicyclic amines) is 1. The average Bonchev–Trinajstić information content (AvgIpc) is 3.06. The van der Waals surface area contributed by atoms with Gasteiger partial charge in [0.2, 0.25) is 0 Å². The van der Waals surface area contributed by atoms with Gasteiger partial charge in [-0.25, -0.2) is 14.3 Å². The highest BCUT2D eigenvalue weighted by atomic mass is 16.2. The molecule has 26 heavy (non-hydrogen) atoms. The largest absolute Gasteiger partial charge is 0.333 e. The first-order chi connectivity index (χ1) is 12.6. The molecular weight excluding hydrogens is 330 g/mol. The molecule has 1 aliphatic heterocycles. The number of imidazole rings is 1. The highest BCUT2D eigenvalue weighted by Crippen LogP contribution is 2.27. The van der Waals surface area contributed by atoms with Crippen LogP contribution >= 0.6 is 0 Å². The number of nitrogens with zero attached hydrogens (tertiary/aromatic N) is 5. The van der Waals surface area contributed by atoms with Gasteiger partial charge in [0.25, 0.3) is 5.56 Å². The molecule has 1 saturated heterocycles. The van der Waals surface area contributed by atoms with E-state index in [1.54, 1.807) is 25.0 Å². The van der Waals surface area contributed by atoms with E-state index < -0.39 is 0 Å². The van der Waals surface area contributed by atoms with Crippen molar-refractivity contribution in [3.63, 3.8) is 0 Å². The van der Waals surface area contributed by atoms with E-state index in [9.17, 15) is 9.59 Å². The Bertz CT molecular complexity index is 1040. The zero-order valence-electron chi connectivity index (χ0n) is 15.1. The van der Waals surface area contributed by atoms with E-state index in [1.165, 1.54) is 14.7 Å². The van der Waals surface area contributed by atoms with E-state index in [1.807, 2.05) is 6.07 Å². The molecule has 0 N–H and O–H groups in total. The Labute approximate surface area is 151 Å². The summed E-state index contributed by atoms with van der Waals surface area (Å²) in [5.74, 6) is 0.548.